The van der Waals surface area contributed by atoms with Gasteiger partial charge in [-0.25, -0.2) is 0 Å². The zero-order valence-electron chi connectivity index (χ0n) is 15.4. The van der Waals surface area contributed by atoms with Gasteiger partial charge in [0, 0.05) is 38.3 Å². The molecule has 0 radical (unpaired) electrons. The van der Waals surface area contributed by atoms with Gasteiger partial charge in [-0.3, -0.25) is 9.89 Å². The van der Waals surface area contributed by atoms with E-state index in [9.17, 15) is 5.11 Å². The lowest BCUT2D eigenvalue weighted by Gasteiger charge is -2.22. The molecule has 1 aromatic carbocycles. The average molecular weight is 332 g/mol. The standard InChI is InChI=1S/C19H32N4O/c1-5-20-19(21-10-9-16-7-6-8-17(24)11-16)22-18-13-23(14(2)3)12-15(18)4/h6-8,11,14-15,18,24H,5,9-10,12-13H2,1-4H3,(H2,20,21,22). The highest BCUT2D eigenvalue weighted by atomic mass is 16.3. The zero-order valence-corrected chi connectivity index (χ0v) is 15.4. The third-order valence-corrected chi connectivity index (χ3v) is 4.62. The molecule has 1 saturated heterocycles. The highest BCUT2D eigenvalue weighted by molar-refractivity contribution is 5.80. The van der Waals surface area contributed by atoms with Crippen LogP contribution in [0.4, 0.5) is 0 Å². The molecule has 1 fully saturated rings. The van der Waals surface area contributed by atoms with Crippen LogP contribution in [0.5, 0.6) is 5.75 Å². The van der Waals surface area contributed by atoms with Gasteiger partial charge < -0.3 is 15.7 Å². The molecule has 5 heteroatoms. The van der Waals surface area contributed by atoms with Crippen molar-refractivity contribution in [2.24, 2.45) is 10.9 Å². The molecule has 2 rings (SSSR count). The maximum Gasteiger partial charge on any atom is 0.191 e. The summed E-state index contributed by atoms with van der Waals surface area (Å²) in [6.07, 6.45) is 0.823. The predicted octanol–water partition coefficient (Wildman–Crippen LogP) is 2.22. The number of nitrogens with one attached hydrogen (secondary N) is 2. The molecule has 0 saturated carbocycles. The van der Waals surface area contributed by atoms with Crippen LogP contribution in [0, 0.1) is 5.92 Å². The van der Waals surface area contributed by atoms with Crippen LogP contribution in [0.3, 0.4) is 0 Å². The summed E-state index contributed by atoms with van der Waals surface area (Å²) >= 11 is 0. The molecular formula is C19H32N4O. The molecule has 2 atom stereocenters. The average Bonchev–Trinajstić information content (AvgIpc) is 2.89. The Hall–Kier alpha value is -1.75. The van der Waals surface area contributed by atoms with Crippen LogP contribution in [-0.4, -0.2) is 54.2 Å². The van der Waals surface area contributed by atoms with E-state index in [0.717, 1.165) is 37.6 Å². The van der Waals surface area contributed by atoms with Crippen LogP contribution < -0.4 is 10.6 Å². The van der Waals surface area contributed by atoms with Gasteiger partial charge in [-0.1, -0.05) is 19.1 Å². The topological polar surface area (TPSA) is 59.9 Å². The molecule has 24 heavy (non-hydrogen) atoms. The summed E-state index contributed by atoms with van der Waals surface area (Å²) in [5, 5.41) is 16.5. The van der Waals surface area contributed by atoms with Gasteiger partial charge in [-0.15, -0.1) is 0 Å². The maximum absolute atomic E-state index is 9.53. The second-order valence-electron chi connectivity index (χ2n) is 6.96. The number of aliphatic imine (C=N–C) groups is 1. The lowest BCUT2D eigenvalue weighted by Crippen LogP contribution is -2.46. The fraction of sp³-hybridized carbons (Fsp3) is 0.632. The highest BCUT2D eigenvalue weighted by Gasteiger charge is 2.31. The molecule has 0 spiro atoms. The number of guanidine groups is 1. The smallest absolute Gasteiger partial charge is 0.191 e. The molecule has 0 bridgehead atoms. The molecular weight excluding hydrogens is 300 g/mol. The van der Waals surface area contributed by atoms with Gasteiger partial charge in [-0.2, -0.15) is 0 Å². The van der Waals surface area contributed by atoms with Crippen molar-refractivity contribution in [3.63, 3.8) is 0 Å². The SMILES string of the molecule is CCNC(=NCCc1cccc(O)c1)NC1CN(C(C)C)CC1C. The first-order chi connectivity index (χ1) is 11.5. The number of hydrogen-bond acceptors (Lipinski definition) is 3. The summed E-state index contributed by atoms with van der Waals surface area (Å²) in [7, 11) is 0. The van der Waals surface area contributed by atoms with Gasteiger partial charge in [-0.05, 0) is 50.8 Å². The molecule has 3 N–H and O–H groups in total. The largest absolute Gasteiger partial charge is 0.508 e. The van der Waals surface area contributed by atoms with Gasteiger partial charge in [0.1, 0.15) is 5.75 Å². The third-order valence-electron chi connectivity index (χ3n) is 4.62. The second kappa shape index (κ2) is 8.92. The minimum Gasteiger partial charge on any atom is -0.508 e. The Kier molecular flexibility index (Phi) is 6.91. The Bertz CT molecular complexity index is 544. The minimum atomic E-state index is 0.315. The summed E-state index contributed by atoms with van der Waals surface area (Å²) in [6.45, 7) is 12.7. The predicted molar refractivity (Wildman–Crippen MR) is 101 cm³/mol. The Morgan fingerprint density at radius 3 is 2.79 bits per heavy atom. The van der Waals surface area contributed by atoms with E-state index in [2.05, 4.69) is 43.2 Å². The van der Waals surface area contributed by atoms with E-state index in [0.29, 0.717) is 30.3 Å². The van der Waals surface area contributed by atoms with Crippen molar-refractivity contribution in [2.45, 2.75) is 46.2 Å². The molecule has 134 valence electrons. The van der Waals surface area contributed by atoms with E-state index in [1.54, 1.807) is 12.1 Å². The number of rotatable bonds is 6. The fourth-order valence-corrected chi connectivity index (χ4v) is 3.12. The van der Waals surface area contributed by atoms with Crippen LogP contribution in [0.2, 0.25) is 0 Å². The Balaban J connectivity index is 1.91. The van der Waals surface area contributed by atoms with Crippen molar-refractivity contribution < 1.29 is 5.11 Å². The highest BCUT2D eigenvalue weighted by Crippen LogP contribution is 2.18. The van der Waals surface area contributed by atoms with Crippen molar-refractivity contribution in [3.8, 4) is 5.75 Å². The third kappa shape index (κ3) is 5.41. The van der Waals surface area contributed by atoms with E-state index in [1.807, 2.05) is 12.1 Å². The molecule has 1 heterocycles. The summed E-state index contributed by atoms with van der Waals surface area (Å²) in [6, 6.07) is 8.42. The van der Waals surface area contributed by atoms with Gasteiger partial charge in [0.05, 0.1) is 0 Å². The molecule has 1 aliphatic heterocycles. The number of likely N-dealkylation sites (tertiary alicyclic amines) is 1. The minimum absolute atomic E-state index is 0.315. The summed E-state index contributed by atoms with van der Waals surface area (Å²) in [5.74, 6) is 1.82. The van der Waals surface area contributed by atoms with E-state index >= 15 is 0 Å². The van der Waals surface area contributed by atoms with Crippen molar-refractivity contribution in [1.29, 1.82) is 0 Å². The van der Waals surface area contributed by atoms with Gasteiger partial charge in [0.25, 0.3) is 0 Å². The first-order valence-corrected chi connectivity index (χ1v) is 9.06. The fourth-order valence-electron chi connectivity index (χ4n) is 3.12. The monoisotopic (exact) mass is 332 g/mol. The molecule has 1 aromatic rings. The molecule has 2 unspecified atom stereocenters. The van der Waals surface area contributed by atoms with Crippen molar-refractivity contribution >= 4 is 5.96 Å². The summed E-state index contributed by atoms with van der Waals surface area (Å²) in [4.78, 5) is 7.21. The Morgan fingerprint density at radius 1 is 1.38 bits per heavy atom. The first-order valence-electron chi connectivity index (χ1n) is 9.06. The normalized spacial score (nSPS) is 22.1. The number of phenols is 1. The zero-order chi connectivity index (χ0) is 17.5. The van der Waals surface area contributed by atoms with Crippen LogP contribution in [0.15, 0.2) is 29.3 Å². The van der Waals surface area contributed by atoms with Gasteiger partial charge in [0.2, 0.25) is 0 Å². The van der Waals surface area contributed by atoms with E-state index in [4.69, 9.17) is 4.99 Å². The number of nitrogens with zero attached hydrogens (tertiary/aromatic N) is 2. The van der Waals surface area contributed by atoms with Crippen LogP contribution in [-0.2, 0) is 6.42 Å². The van der Waals surface area contributed by atoms with Gasteiger partial charge in [0.15, 0.2) is 5.96 Å². The number of hydrogen-bond donors (Lipinski definition) is 3. The second-order valence-corrected chi connectivity index (χ2v) is 6.96. The van der Waals surface area contributed by atoms with Crippen molar-refractivity contribution in [3.05, 3.63) is 29.8 Å². The number of benzene rings is 1. The Morgan fingerprint density at radius 2 is 2.17 bits per heavy atom. The summed E-state index contributed by atoms with van der Waals surface area (Å²) < 4.78 is 0. The maximum atomic E-state index is 9.53. The Labute approximate surface area is 146 Å². The summed E-state index contributed by atoms with van der Waals surface area (Å²) in [5.41, 5.74) is 1.11. The lowest BCUT2D eigenvalue weighted by atomic mass is 10.1. The molecule has 5 nitrogen and oxygen atoms in total. The van der Waals surface area contributed by atoms with E-state index < -0.39 is 0 Å². The lowest BCUT2D eigenvalue weighted by molar-refractivity contribution is 0.265. The van der Waals surface area contributed by atoms with E-state index in [-0.39, 0.29) is 0 Å². The number of aromatic hydroxyl groups is 1. The van der Waals surface area contributed by atoms with Crippen LogP contribution in [0.1, 0.15) is 33.3 Å². The quantitative estimate of drug-likeness (QED) is 0.552. The number of phenolic OH excluding ortho intramolecular Hbond substituents is 1. The molecule has 1 aliphatic rings. The van der Waals surface area contributed by atoms with Gasteiger partial charge >= 0.3 is 0 Å². The van der Waals surface area contributed by atoms with Crippen LogP contribution in [0.25, 0.3) is 0 Å². The first kappa shape index (κ1) is 18.6. The van der Waals surface area contributed by atoms with Crippen LogP contribution >= 0.6 is 0 Å². The van der Waals surface area contributed by atoms with E-state index in [1.165, 1.54) is 0 Å². The molecule has 0 amide bonds. The van der Waals surface area contributed by atoms with Crippen molar-refractivity contribution in [1.82, 2.24) is 15.5 Å². The molecule has 0 aromatic heterocycles. The van der Waals surface area contributed by atoms with Crippen molar-refractivity contribution in [2.75, 3.05) is 26.2 Å². The molecule has 0 aliphatic carbocycles.